The Bertz CT molecular complexity index is 1060. The molecular weight excluding hydrogens is 416 g/mol. The Labute approximate surface area is 196 Å². The maximum atomic E-state index is 12.8. The van der Waals surface area contributed by atoms with Crippen molar-refractivity contribution in [2.45, 2.75) is 79.6 Å². The quantitative estimate of drug-likeness (QED) is 0.391. The third-order valence-electron chi connectivity index (χ3n) is 11.0. The third kappa shape index (κ3) is 2.74. The molecule has 0 radical (unpaired) electrons. The molecule has 0 amide bonds. The summed E-state index contributed by atoms with van der Waals surface area (Å²) in [6.45, 7) is 11.5. The third-order valence-corrected chi connectivity index (χ3v) is 11.0. The van der Waals surface area contributed by atoms with Gasteiger partial charge in [-0.15, -0.1) is 0 Å². The van der Waals surface area contributed by atoms with Crippen LogP contribution in [0.1, 0.15) is 79.6 Å². The molecule has 1 heterocycles. The van der Waals surface area contributed by atoms with E-state index in [4.69, 9.17) is 9.47 Å². The van der Waals surface area contributed by atoms with Crippen LogP contribution in [0.4, 0.5) is 0 Å². The Morgan fingerprint density at radius 2 is 1.67 bits per heavy atom. The van der Waals surface area contributed by atoms with Gasteiger partial charge >= 0.3 is 17.9 Å². The van der Waals surface area contributed by atoms with E-state index >= 15 is 0 Å². The Balaban J connectivity index is 1.62. The summed E-state index contributed by atoms with van der Waals surface area (Å²) in [4.78, 5) is 37.4. The highest BCUT2D eigenvalue weighted by atomic mass is 16.6. The number of hydrogen-bond acceptors (Lipinski definition) is 5. The van der Waals surface area contributed by atoms with E-state index in [1.54, 1.807) is 0 Å². The van der Waals surface area contributed by atoms with Crippen molar-refractivity contribution in [2.24, 2.45) is 33.0 Å². The van der Waals surface area contributed by atoms with E-state index in [0.717, 1.165) is 50.5 Å². The van der Waals surface area contributed by atoms with Crippen molar-refractivity contribution in [3.63, 3.8) is 0 Å². The summed E-state index contributed by atoms with van der Waals surface area (Å²) in [5.74, 6) is -0.797. The minimum absolute atomic E-state index is 0.00608. The van der Waals surface area contributed by atoms with Crippen LogP contribution in [-0.2, 0) is 23.9 Å². The predicted molar refractivity (Wildman–Crippen MR) is 124 cm³/mol. The lowest BCUT2D eigenvalue weighted by Gasteiger charge is -2.69. The monoisotopic (exact) mass is 452 g/mol. The first-order valence-corrected chi connectivity index (χ1v) is 12.3. The van der Waals surface area contributed by atoms with Crippen LogP contribution in [0.15, 0.2) is 34.9 Å². The van der Waals surface area contributed by atoms with Gasteiger partial charge in [-0.05, 0) is 85.7 Å². The number of esters is 3. The molecule has 0 saturated heterocycles. The molecule has 178 valence electrons. The molecule has 1 aliphatic heterocycles. The maximum Gasteiger partial charge on any atom is 0.346 e. The van der Waals surface area contributed by atoms with Crippen LogP contribution in [0.25, 0.3) is 0 Å². The fraction of sp³-hybridized carbons (Fsp3) is 0.679. The number of carbonyl (C=O) groups excluding carboxylic acids is 3. The molecule has 5 nitrogen and oxygen atoms in total. The van der Waals surface area contributed by atoms with Gasteiger partial charge in [0.15, 0.2) is 0 Å². The number of rotatable bonds is 1. The van der Waals surface area contributed by atoms with Gasteiger partial charge in [-0.2, -0.15) is 0 Å². The van der Waals surface area contributed by atoms with Crippen molar-refractivity contribution < 1.29 is 23.9 Å². The molecule has 5 rings (SSSR count). The first-order chi connectivity index (χ1) is 15.3. The smallest absolute Gasteiger partial charge is 0.346 e. The van der Waals surface area contributed by atoms with Gasteiger partial charge in [0.1, 0.15) is 0 Å². The molecule has 33 heavy (non-hydrogen) atoms. The van der Waals surface area contributed by atoms with Gasteiger partial charge in [-0.25, -0.2) is 9.59 Å². The average molecular weight is 453 g/mol. The first-order valence-electron chi connectivity index (χ1n) is 12.3. The van der Waals surface area contributed by atoms with Crippen LogP contribution in [0.2, 0.25) is 0 Å². The molecule has 5 heteroatoms. The zero-order chi connectivity index (χ0) is 24.0. The summed E-state index contributed by atoms with van der Waals surface area (Å²) >= 11 is 0. The number of hydrogen-bond donors (Lipinski definition) is 0. The molecule has 0 aromatic rings. The summed E-state index contributed by atoms with van der Waals surface area (Å²) in [5.41, 5.74) is 1.98. The van der Waals surface area contributed by atoms with E-state index in [1.807, 2.05) is 6.08 Å². The van der Waals surface area contributed by atoms with Crippen LogP contribution in [0.3, 0.4) is 0 Å². The number of ether oxygens (including phenoxy) is 2. The van der Waals surface area contributed by atoms with Crippen LogP contribution >= 0.6 is 0 Å². The predicted octanol–water partition coefficient (Wildman–Crippen LogP) is 5.45. The summed E-state index contributed by atoms with van der Waals surface area (Å²) < 4.78 is 10.1. The van der Waals surface area contributed by atoms with Crippen molar-refractivity contribution in [2.75, 3.05) is 7.11 Å². The minimum atomic E-state index is -0.564. The zero-order valence-electron chi connectivity index (χ0n) is 20.8. The van der Waals surface area contributed by atoms with E-state index in [9.17, 15) is 14.4 Å². The Kier molecular flexibility index (Phi) is 4.59. The van der Waals surface area contributed by atoms with Gasteiger partial charge in [0.05, 0.1) is 18.1 Å². The fourth-order valence-electron chi connectivity index (χ4n) is 8.52. The first kappa shape index (κ1) is 22.6. The van der Waals surface area contributed by atoms with Crippen LogP contribution in [-0.4, -0.2) is 25.0 Å². The number of methoxy groups -OCH3 is 1. The standard InChI is InChI=1S/C28H36O5/c1-24-9-10-25(2,23(31)32-6)16-20(24)28(5)14-12-26(3)18-15-21(29)33-22(30)17(18)7-8-19(26)27(28,4)13-11-24/h7-8,15,20H,9-14,16H2,1-6H3. The molecule has 5 aliphatic rings. The normalized spacial score (nSPS) is 46.4. The van der Waals surface area contributed by atoms with E-state index in [2.05, 4.69) is 40.7 Å². The lowest BCUT2D eigenvalue weighted by Crippen LogP contribution is -2.62. The van der Waals surface area contributed by atoms with Crippen LogP contribution < -0.4 is 0 Å². The summed E-state index contributed by atoms with van der Waals surface area (Å²) in [7, 11) is 1.50. The van der Waals surface area contributed by atoms with Gasteiger partial charge in [0.25, 0.3) is 0 Å². The van der Waals surface area contributed by atoms with Crippen molar-refractivity contribution in [1.29, 1.82) is 0 Å². The summed E-state index contributed by atoms with van der Waals surface area (Å²) in [6.07, 6.45) is 12.4. The minimum Gasteiger partial charge on any atom is -0.469 e. The second-order valence-electron chi connectivity index (χ2n) is 12.5. The highest BCUT2D eigenvalue weighted by Gasteiger charge is 2.67. The number of fused-ring (bicyclic) bond motifs is 7. The van der Waals surface area contributed by atoms with Crippen molar-refractivity contribution in [3.8, 4) is 0 Å². The average Bonchev–Trinajstić information content (AvgIpc) is 2.76. The molecule has 6 unspecified atom stereocenters. The Hall–Kier alpha value is -2.17. The van der Waals surface area contributed by atoms with E-state index in [-0.39, 0.29) is 27.6 Å². The molecule has 0 aromatic heterocycles. The van der Waals surface area contributed by atoms with Crippen LogP contribution in [0.5, 0.6) is 0 Å². The topological polar surface area (TPSA) is 69.7 Å². The molecule has 0 N–H and O–H groups in total. The summed E-state index contributed by atoms with van der Waals surface area (Å²) in [6, 6.07) is 0. The highest BCUT2D eigenvalue weighted by molar-refractivity contribution is 6.08. The van der Waals surface area contributed by atoms with Gasteiger partial charge in [0.2, 0.25) is 0 Å². The lowest BCUT2D eigenvalue weighted by atomic mass is 9.34. The van der Waals surface area contributed by atoms with Gasteiger partial charge < -0.3 is 9.47 Å². The molecule has 0 aromatic carbocycles. The molecular formula is C28H36O5. The maximum absolute atomic E-state index is 12.8. The SMILES string of the molecule is COC(=O)C1(C)CCC2(C)CCC3(C)C4=CC=C5C(=O)OC(=O)C=C5C4(C)CCC3(C)C2C1. The molecule has 0 spiro atoms. The van der Waals surface area contributed by atoms with E-state index in [0.29, 0.717) is 11.5 Å². The Morgan fingerprint density at radius 1 is 0.970 bits per heavy atom. The zero-order valence-corrected chi connectivity index (χ0v) is 20.8. The van der Waals surface area contributed by atoms with E-state index in [1.165, 1.54) is 18.8 Å². The van der Waals surface area contributed by atoms with Crippen molar-refractivity contribution in [1.82, 2.24) is 0 Å². The number of allylic oxidation sites excluding steroid dienone is 3. The largest absolute Gasteiger partial charge is 0.469 e. The highest BCUT2D eigenvalue weighted by Crippen LogP contribution is 2.75. The van der Waals surface area contributed by atoms with Gasteiger partial charge in [-0.1, -0.05) is 39.3 Å². The second-order valence-corrected chi connectivity index (χ2v) is 12.5. The molecule has 6 atom stereocenters. The van der Waals surface area contributed by atoms with Crippen LogP contribution in [0, 0.1) is 33.0 Å². The van der Waals surface area contributed by atoms with E-state index < -0.39 is 17.4 Å². The molecule has 4 aliphatic carbocycles. The van der Waals surface area contributed by atoms with Crippen molar-refractivity contribution >= 4 is 17.9 Å². The van der Waals surface area contributed by atoms with Crippen molar-refractivity contribution in [3.05, 3.63) is 34.9 Å². The molecule has 3 fully saturated rings. The number of cyclic esters (lactones) is 2. The second kappa shape index (κ2) is 6.70. The van der Waals surface area contributed by atoms with Gasteiger partial charge in [-0.3, -0.25) is 4.79 Å². The summed E-state index contributed by atoms with van der Waals surface area (Å²) in [5, 5.41) is 0. The molecule has 3 saturated carbocycles. The number of carbonyl (C=O) groups is 3. The Morgan fingerprint density at radius 3 is 2.36 bits per heavy atom. The molecule has 0 bridgehead atoms. The fourth-order valence-corrected chi connectivity index (χ4v) is 8.52. The lowest BCUT2D eigenvalue weighted by molar-refractivity contribution is -0.180. The van der Waals surface area contributed by atoms with Gasteiger partial charge in [0, 0.05) is 11.5 Å².